The minimum atomic E-state index is -0.617. The van der Waals surface area contributed by atoms with Crippen molar-refractivity contribution in [3.8, 4) is 0 Å². The van der Waals surface area contributed by atoms with Crippen molar-refractivity contribution in [3.63, 3.8) is 0 Å². The number of nitrogens with one attached hydrogen (secondary N) is 1. The van der Waals surface area contributed by atoms with Crippen molar-refractivity contribution >= 4 is 28.1 Å². The van der Waals surface area contributed by atoms with Crippen LogP contribution in [-0.2, 0) is 15.1 Å². The van der Waals surface area contributed by atoms with Crippen molar-refractivity contribution in [2.45, 2.75) is 39.7 Å². The molecule has 1 aromatic heterocycles. The third-order valence-corrected chi connectivity index (χ3v) is 5.23. The number of esters is 1. The zero-order valence-corrected chi connectivity index (χ0v) is 14.7. The van der Waals surface area contributed by atoms with Crippen LogP contribution >= 0.6 is 11.3 Å². The molecule has 0 spiro atoms. The molecular weight excluding hydrogens is 308 g/mol. The number of rotatable bonds is 4. The van der Waals surface area contributed by atoms with Gasteiger partial charge < -0.3 is 10.1 Å². The van der Waals surface area contributed by atoms with E-state index in [0.717, 1.165) is 16.5 Å². The molecule has 5 heteroatoms. The highest BCUT2D eigenvalue weighted by Gasteiger charge is 2.47. The van der Waals surface area contributed by atoms with E-state index in [0.29, 0.717) is 6.42 Å². The molecule has 0 saturated carbocycles. The highest BCUT2D eigenvalue weighted by Crippen LogP contribution is 2.43. The Morgan fingerprint density at radius 2 is 2.13 bits per heavy atom. The maximum Gasteiger partial charge on any atom is 0.310 e. The maximum absolute atomic E-state index is 12.1. The number of aryl methyl sites for hydroxylation is 1. The number of benzene rings is 1. The average Bonchev–Trinajstić information content (AvgIpc) is 3.07. The van der Waals surface area contributed by atoms with Gasteiger partial charge in [0.15, 0.2) is 10.7 Å². The number of ether oxygens (including phenoxy) is 1. The van der Waals surface area contributed by atoms with Gasteiger partial charge >= 0.3 is 5.97 Å². The second-order valence-electron chi connectivity index (χ2n) is 6.68. The standard InChI is InChI=1S/C18H22N2O2S/c1-11(2)13-9-18(4,22-16(13)21)15-10-23-17(20-15)19-14-8-6-5-7-12(14)3/h5-8,10-11,13H,9H2,1-4H3,(H,19,20)/t13-,18+/m0/s1. The van der Waals surface area contributed by atoms with Crippen molar-refractivity contribution in [1.29, 1.82) is 0 Å². The van der Waals surface area contributed by atoms with Crippen LogP contribution in [0.15, 0.2) is 29.6 Å². The molecule has 1 aliphatic heterocycles. The van der Waals surface area contributed by atoms with Crippen LogP contribution in [-0.4, -0.2) is 11.0 Å². The van der Waals surface area contributed by atoms with Crippen LogP contribution in [0.5, 0.6) is 0 Å². The van der Waals surface area contributed by atoms with E-state index < -0.39 is 5.60 Å². The molecule has 2 aromatic rings. The molecule has 1 fully saturated rings. The number of para-hydroxylation sites is 1. The van der Waals surface area contributed by atoms with Gasteiger partial charge in [-0.1, -0.05) is 32.0 Å². The van der Waals surface area contributed by atoms with E-state index in [1.54, 1.807) is 0 Å². The summed E-state index contributed by atoms with van der Waals surface area (Å²) < 4.78 is 5.67. The predicted molar refractivity (Wildman–Crippen MR) is 93.0 cm³/mol. The largest absolute Gasteiger partial charge is 0.453 e. The molecule has 1 aromatic carbocycles. The number of aromatic nitrogens is 1. The van der Waals surface area contributed by atoms with Gasteiger partial charge in [0.05, 0.1) is 11.6 Å². The molecule has 1 aliphatic rings. The average molecular weight is 330 g/mol. The third kappa shape index (κ3) is 3.11. The Morgan fingerprint density at radius 3 is 2.78 bits per heavy atom. The molecule has 0 bridgehead atoms. The van der Waals surface area contributed by atoms with Crippen molar-refractivity contribution < 1.29 is 9.53 Å². The topological polar surface area (TPSA) is 51.2 Å². The summed E-state index contributed by atoms with van der Waals surface area (Å²) in [7, 11) is 0. The monoisotopic (exact) mass is 330 g/mol. The van der Waals surface area contributed by atoms with Crippen molar-refractivity contribution in [2.24, 2.45) is 11.8 Å². The number of anilines is 2. The number of hydrogen-bond acceptors (Lipinski definition) is 5. The van der Waals surface area contributed by atoms with Gasteiger partial charge in [0.1, 0.15) is 0 Å². The van der Waals surface area contributed by atoms with Gasteiger partial charge in [0.25, 0.3) is 0 Å². The van der Waals surface area contributed by atoms with E-state index >= 15 is 0 Å². The summed E-state index contributed by atoms with van der Waals surface area (Å²) in [5, 5.41) is 6.15. The van der Waals surface area contributed by atoms with Gasteiger partial charge in [0.2, 0.25) is 0 Å². The lowest BCUT2D eigenvalue weighted by atomic mass is 9.87. The summed E-state index contributed by atoms with van der Waals surface area (Å²) in [6.07, 6.45) is 0.692. The van der Waals surface area contributed by atoms with Gasteiger partial charge in [-0.25, -0.2) is 4.98 Å². The van der Waals surface area contributed by atoms with Crippen LogP contribution in [0.25, 0.3) is 0 Å². The molecule has 0 aliphatic carbocycles. The Hall–Kier alpha value is -1.88. The first kappa shape index (κ1) is 16.0. The second kappa shape index (κ2) is 5.96. The van der Waals surface area contributed by atoms with Crippen LogP contribution in [0.4, 0.5) is 10.8 Å². The number of carbonyl (C=O) groups excluding carboxylic acids is 1. The third-order valence-electron chi connectivity index (χ3n) is 4.48. The van der Waals surface area contributed by atoms with Gasteiger partial charge in [-0.15, -0.1) is 11.3 Å². The highest BCUT2D eigenvalue weighted by atomic mass is 32.1. The van der Waals surface area contributed by atoms with Crippen molar-refractivity contribution in [3.05, 3.63) is 40.9 Å². The first-order valence-electron chi connectivity index (χ1n) is 7.90. The fourth-order valence-electron chi connectivity index (χ4n) is 2.91. The minimum absolute atomic E-state index is 0.0468. The molecule has 1 N–H and O–H groups in total. The van der Waals surface area contributed by atoms with Gasteiger partial charge in [-0.3, -0.25) is 4.79 Å². The summed E-state index contributed by atoms with van der Waals surface area (Å²) >= 11 is 1.54. The molecule has 23 heavy (non-hydrogen) atoms. The Labute approximate surface area is 140 Å². The normalized spacial score (nSPS) is 24.0. The maximum atomic E-state index is 12.1. The molecule has 1 saturated heterocycles. The van der Waals surface area contributed by atoms with Crippen LogP contribution < -0.4 is 5.32 Å². The Morgan fingerprint density at radius 1 is 1.39 bits per heavy atom. The lowest BCUT2D eigenvalue weighted by molar-refractivity contribution is -0.151. The van der Waals surface area contributed by atoms with E-state index in [4.69, 9.17) is 4.74 Å². The van der Waals surface area contributed by atoms with Crippen LogP contribution in [0.2, 0.25) is 0 Å². The summed E-state index contributed by atoms with van der Waals surface area (Å²) in [6.45, 7) is 8.14. The molecule has 0 unspecified atom stereocenters. The molecule has 0 radical (unpaired) electrons. The van der Waals surface area contributed by atoms with Crippen LogP contribution in [0.1, 0.15) is 38.4 Å². The molecular formula is C18H22N2O2S. The van der Waals surface area contributed by atoms with Crippen molar-refractivity contribution in [1.82, 2.24) is 4.98 Å². The smallest absolute Gasteiger partial charge is 0.310 e. The quantitative estimate of drug-likeness (QED) is 0.831. The summed E-state index contributed by atoms with van der Waals surface area (Å²) in [5.74, 6) is 0.130. The van der Waals surface area contributed by atoms with E-state index in [2.05, 4.69) is 37.1 Å². The molecule has 2 heterocycles. The second-order valence-corrected chi connectivity index (χ2v) is 7.54. The Bertz CT molecular complexity index is 725. The predicted octanol–water partition coefficient (Wildman–Crippen LogP) is 4.63. The molecule has 4 nitrogen and oxygen atoms in total. The Balaban J connectivity index is 1.80. The van der Waals surface area contributed by atoms with Gasteiger partial charge in [-0.05, 0) is 31.4 Å². The van der Waals surface area contributed by atoms with Crippen LogP contribution in [0.3, 0.4) is 0 Å². The van der Waals surface area contributed by atoms with Gasteiger partial charge in [-0.2, -0.15) is 0 Å². The fraction of sp³-hybridized carbons (Fsp3) is 0.444. The Kier molecular flexibility index (Phi) is 4.15. The van der Waals surface area contributed by atoms with Crippen molar-refractivity contribution in [2.75, 3.05) is 5.32 Å². The molecule has 122 valence electrons. The lowest BCUT2D eigenvalue weighted by Crippen LogP contribution is -2.21. The molecule has 2 atom stereocenters. The minimum Gasteiger partial charge on any atom is -0.453 e. The first-order valence-corrected chi connectivity index (χ1v) is 8.78. The van der Waals surface area contributed by atoms with E-state index in [1.807, 2.05) is 30.5 Å². The van der Waals surface area contributed by atoms with E-state index in [-0.39, 0.29) is 17.8 Å². The fourth-order valence-corrected chi connectivity index (χ4v) is 3.75. The van der Waals surface area contributed by atoms with E-state index in [1.165, 1.54) is 16.9 Å². The number of hydrogen-bond donors (Lipinski definition) is 1. The van der Waals surface area contributed by atoms with Gasteiger partial charge in [0, 0.05) is 17.5 Å². The summed E-state index contributed by atoms with van der Waals surface area (Å²) in [4.78, 5) is 16.7. The SMILES string of the molecule is Cc1ccccc1Nc1nc([C@@]2(C)C[C@@H](C(C)C)C(=O)O2)cs1. The number of thiazole rings is 1. The molecule has 3 rings (SSSR count). The number of nitrogens with zero attached hydrogens (tertiary/aromatic N) is 1. The molecule has 0 amide bonds. The zero-order valence-electron chi connectivity index (χ0n) is 13.9. The number of cyclic esters (lactones) is 1. The summed E-state index contributed by atoms with van der Waals surface area (Å²) in [5.41, 5.74) is 2.42. The lowest BCUT2D eigenvalue weighted by Gasteiger charge is -2.20. The first-order chi connectivity index (χ1) is 10.9. The van der Waals surface area contributed by atoms with Crippen LogP contribution in [0, 0.1) is 18.8 Å². The highest BCUT2D eigenvalue weighted by molar-refractivity contribution is 7.13. The van der Waals surface area contributed by atoms with E-state index in [9.17, 15) is 4.79 Å². The summed E-state index contributed by atoms with van der Waals surface area (Å²) in [6, 6.07) is 8.10. The number of carbonyl (C=O) groups is 1. The zero-order chi connectivity index (χ0) is 16.6.